The van der Waals surface area contributed by atoms with Crippen LogP contribution in [0.3, 0.4) is 0 Å². The predicted octanol–water partition coefficient (Wildman–Crippen LogP) is 5.39. The van der Waals surface area contributed by atoms with E-state index in [4.69, 9.17) is 18.9 Å². The van der Waals surface area contributed by atoms with E-state index in [9.17, 15) is 0 Å². The molecule has 2 heterocycles. The number of epoxide rings is 2. The van der Waals surface area contributed by atoms with E-state index in [2.05, 4.69) is 79.8 Å². The highest BCUT2D eigenvalue weighted by atomic mass is 16.6. The van der Waals surface area contributed by atoms with E-state index in [1.807, 2.05) is 12.2 Å². The Balaban J connectivity index is 1.49. The van der Waals surface area contributed by atoms with E-state index in [1.54, 1.807) is 0 Å². The molecule has 4 atom stereocenters. The molecule has 2 fully saturated rings. The van der Waals surface area contributed by atoms with Gasteiger partial charge in [0.25, 0.3) is 0 Å². The van der Waals surface area contributed by atoms with E-state index in [0.717, 1.165) is 31.2 Å². The van der Waals surface area contributed by atoms with Gasteiger partial charge in [-0.2, -0.15) is 0 Å². The van der Waals surface area contributed by atoms with Crippen LogP contribution in [0, 0.1) is 5.41 Å². The Hall–Kier alpha value is -2.82. The maximum atomic E-state index is 6.10. The predicted molar refractivity (Wildman–Crippen MR) is 125 cm³/mol. The van der Waals surface area contributed by atoms with Gasteiger partial charge in [-0.05, 0) is 36.3 Å². The van der Waals surface area contributed by atoms with Gasteiger partial charge in [0.15, 0.2) is 0 Å². The highest BCUT2D eigenvalue weighted by Crippen LogP contribution is 2.47. The monoisotopic (exact) mass is 430 g/mol. The molecule has 32 heavy (non-hydrogen) atoms. The molecule has 1 aromatic carbocycles. The van der Waals surface area contributed by atoms with Gasteiger partial charge in [0.2, 0.25) is 0 Å². The Bertz CT molecular complexity index is 990. The van der Waals surface area contributed by atoms with Crippen molar-refractivity contribution >= 4 is 0 Å². The van der Waals surface area contributed by atoms with Crippen LogP contribution in [0.15, 0.2) is 102 Å². The standard InChI is InChI=1S/C28H30O4/c1-28(14-8-7-13-24(16-28)30-18-26-20-32-26)27(21-9-3-2-4-10-21)22-11-5-6-12-23(15-22)29-17-25-19-31-25/h2-10,12-16,25-27H,11,17-20H2,1H3. The molecule has 0 saturated carbocycles. The van der Waals surface area contributed by atoms with Gasteiger partial charge < -0.3 is 18.9 Å². The fraction of sp³-hybridized carbons (Fsp3) is 0.357. The molecule has 0 bridgehead atoms. The lowest BCUT2D eigenvalue weighted by molar-refractivity contribution is 0.189. The van der Waals surface area contributed by atoms with Crippen molar-refractivity contribution in [2.24, 2.45) is 5.41 Å². The molecular weight excluding hydrogens is 400 g/mol. The Morgan fingerprint density at radius 3 is 2.41 bits per heavy atom. The van der Waals surface area contributed by atoms with Gasteiger partial charge in [-0.1, -0.05) is 73.2 Å². The number of benzene rings is 1. The first-order chi connectivity index (χ1) is 15.7. The molecule has 166 valence electrons. The maximum Gasteiger partial charge on any atom is 0.119 e. The zero-order chi connectivity index (χ0) is 21.8. The van der Waals surface area contributed by atoms with Crippen LogP contribution >= 0.6 is 0 Å². The number of allylic oxidation sites excluding steroid dienone is 10. The zero-order valence-electron chi connectivity index (χ0n) is 18.5. The van der Waals surface area contributed by atoms with Crippen LogP contribution in [0.25, 0.3) is 0 Å². The van der Waals surface area contributed by atoms with Gasteiger partial charge in [-0.15, -0.1) is 0 Å². The smallest absolute Gasteiger partial charge is 0.119 e. The molecule has 2 aliphatic carbocycles. The van der Waals surface area contributed by atoms with Gasteiger partial charge in [-0.3, -0.25) is 0 Å². The van der Waals surface area contributed by atoms with Crippen molar-refractivity contribution in [2.75, 3.05) is 26.4 Å². The van der Waals surface area contributed by atoms with Gasteiger partial charge >= 0.3 is 0 Å². The molecule has 4 heteroatoms. The minimum absolute atomic E-state index is 0.127. The Labute approximate surface area is 190 Å². The Morgan fingerprint density at radius 2 is 1.69 bits per heavy atom. The summed E-state index contributed by atoms with van der Waals surface area (Å²) in [5, 5.41) is 0. The summed E-state index contributed by atoms with van der Waals surface area (Å²) < 4.78 is 22.8. The second-order valence-electron chi connectivity index (χ2n) is 8.93. The number of rotatable bonds is 9. The number of ether oxygens (including phenoxy) is 4. The molecule has 0 amide bonds. The SMILES string of the molecule is CC1(C(C2=CC(OCC3CO3)=CC=CC2)c2ccccc2)C=CC=CC(OCC2CO2)=C1. The topological polar surface area (TPSA) is 43.5 Å². The maximum absolute atomic E-state index is 6.10. The van der Waals surface area contributed by atoms with Crippen molar-refractivity contribution in [1.82, 2.24) is 0 Å². The minimum atomic E-state index is -0.278. The summed E-state index contributed by atoms with van der Waals surface area (Å²) in [5.41, 5.74) is 2.30. The van der Waals surface area contributed by atoms with Crippen LogP contribution in [0.5, 0.6) is 0 Å². The summed E-state index contributed by atoms with van der Waals surface area (Å²) in [7, 11) is 0. The molecule has 0 N–H and O–H groups in total. The van der Waals surface area contributed by atoms with E-state index in [-0.39, 0.29) is 23.5 Å². The van der Waals surface area contributed by atoms with E-state index in [0.29, 0.717) is 13.2 Å². The molecular formula is C28H30O4. The van der Waals surface area contributed by atoms with Crippen LogP contribution in [-0.2, 0) is 18.9 Å². The average Bonchev–Trinajstić information content (AvgIpc) is 3.68. The lowest BCUT2D eigenvalue weighted by Crippen LogP contribution is -2.24. The number of hydrogen-bond acceptors (Lipinski definition) is 4. The van der Waals surface area contributed by atoms with E-state index in [1.165, 1.54) is 11.1 Å². The van der Waals surface area contributed by atoms with Crippen molar-refractivity contribution in [3.8, 4) is 0 Å². The first-order valence-corrected chi connectivity index (χ1v) is 11.4. The third-order valence-electron chi connectivity index (χ3n) is 6.16. The summed E-state index contributed by atoms with van der Waals surface area (Å²) in [6, 6.07) is 10.7. The quantitative estimate of drug-likeness (QED) is 0.493. The van der Waals surface area contributed by atoms with Crippen LogP contribution in [0.2, 0.25) is 0 Å². The third kappa shape index (κ3) is 5.32. The van der Waals surface area contributed by atoms with Crippen molar-refractivity contribution in [2.45, 2.75) is 31.5 Å². The van der Waals surface area contributed by atoms with Gasteiger partial charge in [0.05, 0.1) is 13.2 Å². The molecule has 1 aromatic rings. The summed E-state index contributed by atoms with van der Waals surface area (Å²) in [5.74, 6) is 1.90. The number of hydrogen-bond donors (Lipinski definition) is 0. The lowest BCUT2D eigenvalue weighted by Gasteiger charge is -2.35. The Kier molecular flexibility index (Phi) is 6.15. The van der Waals surface area contributed by atoms with Gasteiger partial charge in [0.1, 0.15) is 36.9 Å². The molecule has 2 saturated heterocycles. The first kappa shape index (κ1) is 21.0. The second-order valence-corrected chi connectivity index (χ2v) is 8.93. The van der Waals surface area contributed by atoms with Crippen molar-refractivity contribution < 1.29 is 18.9 Å². The van der Waals surface area contributed by atoms with Gasteiger partial charge in [-0.25, -0.2) is 0 Å². The summed E-state index contributed by atoms with van der Waals surface area (Å²) in [4.78, 5) is 0. The summed E-state index contributed by atoms with van der Waals surface area (Å²) >= 11 is 0. The fourth-order valence-corrected chi connectivity index (χ4v) is 4.36. The van der Waals surface area contributed by atoms with Crippen molar-refractivity contribution in [1.29, 1.82) is 0 Å². The zero-order valence-corrected chi connectivity index (χ0v) is 18.5. The molecule has 4 nitrogen and oxygen atoms in total. The third-order valence-corrected chi connectivity index (χ3v) is 6.16. The van der Waals surface area contributed by atoms with Crippen LogP contribution in [0.4, 0.5) is 0 Å². The van der Waals surface area contributed by atoms with Crippen LogP contribution in [0.1, 0.15) is 24.8 Å². The molecule has 2 aliphatic heterocycles. The molecule has 4 unspecified atom stereocenters. The van der Waals surface area contributed by atoms with Crippen molar-refractivity contribution in [3.05, 3.63) is 108 Å². The summed E-state index contributed by atoms with van der Waals surface area (Å²) in [6.45, 7) is 5.06. The first-order valence-electron chi connectivity index (χ1n) is 11.4. The highest BCUT2D eigenvalue weighted by molar-refractivity contribution is 5.43. The summed E-state index contributed by atoms with van der Waals surface area (Å²) in [6.07, 6.45) is 20.6. The normalized spacial score (nSPS) is 29.2. The van der Waals surface area contributed by atoms with Crippen molar-refractivity contribution in [3.63, 3.8) is 0 Å². The molecule has 0 aromatic heterocycles. The van der Waals surface area contributed by atoms with E-state index >= 15 is 0 Å². The fourth-order valence-electron chi connectivity index (χ4n) is 4.36. The molecule has 0 radical (unpaired) electrons. The van der Waals surface area contributed by atoms with Crippen LogP contribution in [-0.4, -0.2) is 38.6 Å². The second kappa shape index (κ2) is 9.35. The molecule has 5 rings (SSSR count). The van der Waals surface area contributed by atoms with Crippen LogP contribution < -0.4 is 0 Å². The largest absolute Gasteiger partial charge is 0.491 e. The Morgan fingerprint density at radius 1 is 0.969 bits per heavy atom. The lowest BCUT2D eigenvalue weighted by atomic mass is 9.68. The molecule has 4 aliphatic rings. The minimum Gasteiger partial charge on any atom is -0.491 e. The highest BCUT2D eigenvalue weighted by Gasteiger charge is 2.35. The van der Waals surface area contributed by atoms with Gasteiger partial charge in [0, 0.05) is 11.3 Å². The average molecular weight is 431 g/mol. The molecule has 0 spiro atoms. The van der Waals surface area contributed by atoms with E-state index < -0.39 is 0 Å².